The minimum Gasteiger partial charge on any atom is -0.465 e. The Morgan fingerprint density at radius 1 is 1.32 bits per heavy atom. The molecule has 0 atom stereocenters. The summed E-state index contributed by atoms with van der Waals surface area (Å²) in [6, 6.07) is 0. The molecule has 122 valence electrons. The van der Waals surface area contributed by atoms with Crippen molar-refractivity contribution in [1.82, 2.24) is 19.8 Å². The van der Waals surface area contributed by atoms with Crippen LogP contribution in [0.3, 0.4) is 0 Å². The van der Waals surface area contributed by atoms with Gasteiger partial charge in [0.05, 0.1) is 13.2 Å². The number of hydrogen-bond acceptors (Lipinski definition) is 6. The van der Waals surface area contributed by atoms with E-state index in [-0.39, 0.29) is 12.5 Å². The third-order valence-corrected chi connectivity index (χ3v) is 3.55. The number of carbonyl (C=O) groups excluding carboxylic acids is 2. The lowest BCUT2D eigenvalue weighted by Gasteiger charge is -2.34. The number of amides is 1. The van der Waals surface area contributed by atoms with Crippen LogP contribution in [-0.4, -0.2) is 72.2 Å². The van der Waals surface area contributed by atoms with Crippen LogP contribution in [0.25, 0.3) is 0 Å². The molecule has 1 N–H and O–H groups in total. The van der Waals surface area contributed by atoms with Crippen LogP contribution in [0.15, 0.2) is 12.4 Å². The van der Waals surface area contributed by atoms with Gasteiger partial charge in [0.25, 0.3) is 0 Å². The van der Waals surface area contributed by atoms with Crippen molar-refractivity contribution < 1.29 is 14.3 Å². The van der Waals surface area contributed by atoms with Crippen molar-refractivity contribution in [2.45, 2.75) is 6.92 Å². The van der Waals surface area contributed by atoms with E-state index in [1.54, 1.807) is 13.1 Å². The molecule has 22 heavy (non-hydrogen) atoms. The second kappa shape index (κ2) is 7.79. The molecule has 1 saturated heterocycles. The van der Waals surface area contributed by atoms with Gasteiger partial charge >= 0.3 is 5.97 Å². The van der Waals surface area contributed by atoms with Crippen LogP contribution in [0.4, 0.5) is 5.95 Å². The predicted molar refractivity (Wildman–Crippen MR) is 81.5 cm³/mol. The van der Waals surface area contributed by atoms with Gasteiger partial charge in [-0.3, -0.25) is 14.5 Å². The fraction of sp³-hybridized carbons (Fsp3) is 0.643. The Kier molecular flexibility index (Phi) is 5.76. The summed E-state index contributed by atoms with van der Waals surface area (Å²) in [6.45, 7) is 5.53. The third-order valence-electron chi connectivity index (χ3n) is 3.55. The van der Waals surface area contributed by atoms with E-state index in [2.05, 4.69) is 20.1 Å². The molecule has 1 aliphatic rings. The van der Waals surface area contributed by atoms with Crippen molar-refractivity contribution in [2.75, 3.05) is 50.8 Å². The molecule has 8 nitrogen and oxygen atoms in total. The highest BCUT2D eigenvalue weighted by Crippen LogP contribution is 2.12. The fourth-order valence-electron chi connectivity index (χ4n) is 2.41. The number of piperazine rings is 1. The van der Waals surface area contributed by atoms with Crippen molar-refractivity contribution in [1.29, 1.82) is 0 Å². The maximum absolute atomic E-state index is 11.8. The summed E-state index contributed by atoms with van der Waals surface area (Å²) in [6.07, 6.45) is 3.70. The summed E-state index contributed by atoms with van der Waals surface area (Å²) < 4.78 is 6.75. The van der Waals surface area contributed by atoms with E-state index in [9.17, 15) is 9.59 Å². The van der Waals surface area contributed by atoms with Crippen molar-refractivity contribution in [3.05, 3.63) is 12.4 Å². The normalized spacial score (nSPS) is 15.6. The molecule has 1 amide bonds. The standard InChI is InChI=1S/C14H23N5O3/c1-3-22-13(21)10-16-12(20)11-18-6-8-19(9-7-18)14-15-4-5-17(14)2/h4-5H,3,6-11H2,1-2H3,(H,16,20). The average Bonchev–Trinajstić information content (AvgIpc) is 2.92. The highest BCUT2D eigenvalue weighted by molar-refractivity contribution is 5.83. The number of aromatic nitrogens is 2. The number of imidazole rings is 1. The Morgan fingerprint density at radius 3 is 2.64 bits per heavy atom. The van der Waals surface area contributed by atoms with Crippen LogP contribution >= 0.6 is 0 Å². The van der Waals surface area contributed by atoms with Crippen LogP contribution in [-0.2, 0) is 21.4 Å². The summed E-state index contributed by atoms with van der Waals surface area (Å²) in [4.78, 5) is 31.6. The quantitative estimate of drug-likeness (QED) is 0.695. The van der Waals surface area contributed by atoms with Crippen molar-refractivity contribution in [3.8, 4) is 0 Å². The number of anilines is 1. The molecule has 8 heteroatoms. The minimum atomic E-state index is -0.407. The average molecular weight is 309 g/mol. The van der Waals surface area contributed by atoms with Gasteiger partial charge in [0.15, 0.2) is 0 Å². The Balaban J connectivity index is 1.70. The lowest BCUT2D eigenvalue weighted by atomic mass is 10.3. The molecule has 0 aliphatic carbocycles. The van der Waals surface area contributed by atoms with Gasteiger partial charge in [-0.15, -0.1) is 0 Å². The van der Waals surface area contributed by atoms with Gasteiger partial charge in [0.1, 0.15) is 6.54 Å². The largest absolute Gasteiger partial charge is 0.465 e. The second-order valence-electron chi connectivity index (χ2n) is 5.18. The first-order chi connectivity index (χ1) is 10.6. The number of nitrogens with one attached hydrogen (secondary N) is 1. The molecule has 0 bridgehead atoms. The van der Waals surface area contributed by atoms with Crippen LogP contribution in [0.1, 0.15) is 6.92 Å². The summed E-state index contributed by atoms with van der Waals surface area (Å²) in [5.41, 5.74) is 0. The van der Waals surface area contributed by atoms with E-state index in [4.69, 9.17) is 4.74 Å². The van der Waals surface area contributed by atoms with Gasteiger partial charge in [-0.2, -0.15) is 0 Å². The topological polar surface area (TPSA) is 79.7 Å². The first-order valence-electron chi connectivity index (χ1n) is 7.47. The number of ether oxygens (including phenoxy) is 1. The highest BCUT2D eigenvalue weighted by Gasteiger charge is 2.21. The number of hydrogen-bond donors (Lipinski definition) is 1. The van der Waals surface area contributed by atoms with Gasteiger partial charge in [0.2, 0.25) is 11.9 Å². The summed E-state index contributed by atoms with van der Waals surface area (Å²) in [5, 5.41) is 2.58. The molecule has 2 heterocycles. The van der Waals surface area contributed by atoms with E-state index < -0.39 is 5.97 Å². The van der Waals surface area contributed by atoms with Crippen LogP contribution < -0.4 is 10.2 Å². The molecule has 0 saturated carbocycles. The van der Waals surface area contributed by atoms with Crippen molar-refractivity contribution in [3.63, 3.8) is 0 Å². The van der Waals surface area contributed by atoms with E-state index in [1.807, 2.05) is 17.8 Å². The molecule has 2 rings (SSSR count). The molecule has 1 aliphatic heterocycles. The Morgan fingerprint density at radius 2 is 2.05 bits per heavy atom. The molecule has 0 radical (unpaired) electrons. The molecule has 0 spiro atoms. The number of aryl methyl sites for hydroxylation is 1. The monoisotopic (exact) mass is 309 g/mol. The van der Waals surface area contributed by atoms with E-state index in [0.717, 1.165) is 32.1 Å². The zero-order valence-corrected chi connectivity index (χ0v) is 13.1. The molecule has 0 unspecified atom stereocenters. The second-order valence-corrected chi connectivity index (χ2v) is 5.18. The Hall–Kier alpha value is -2.09. The highest BCUT2D eigenvalue weighted by atomic mass is 16.5. The Bertz CT molecular complexity index is 508. The van der Waals surface area contributed by atoms with Gasteiger partial charge in [0, 0.05) is 45.6 Å². The van der Waals surface area contributed by atoms with Crippen molar-refractivity contribution in [2.24, 2.45) is 7.05 Å². The van der Waals surface area contributed by atoms with Crippen LogP contribution in [0.2, 0.25) is 0 Å². The van der Waals surface area contributed by atoms with Gasteiger partial charge in [-0.25, -0.2) is 4.98 Å². The van der Waals surface area contributed by atoms with Crippen LogP contribution in [0, 0.1) is 0 Å². The minimum absolute atomic E-state index is 0.0695. The first kappa shape index (κ1) is 16.3. The maximum Gasteiger partial charge on any atom is 0.325 e. The van der Waals surface area contributed by atoms with Gasteiger partial charge in [-0.05, 0) is 6.92 Å². The fourth-order valence-corrected chi connectivity index (χ4v) is 2.41. The number of esters is 1. The zero-order chi connectivity index (χ0) is 15.9. The summed E-state index contributed by atoms with van der Waals surface area (Å²) >= 11 is 0. The summed E-state index contributed by atoms with van der Waals surface area (Å²) in [5.74, 6) is 0.389. The predicted octanol–water partition coefficient (Wildman–Crippen LogP) is -0.779. The first-order valence-corrected chi connectivity index (χ1v) is 7.47. The molecule has 0 aromatic carbocycles. The van der Waals surface area contributed by atoms with Crippen LogP contribution in [0.5, 0.6) is 0 Å². The molecular weight excluding hydrogens is 286 g/mol. The van der Waals surface area contributed by atoms with Crippen molar-refractivity contribution >= 4 is 17.8 Å². The third kappa shape index (κ3) is 4.45. The Labute approximate surface area is 130 Å². The molecular formula is C14H23N5O3. The number of nitrogens with zero attached hydrogens (tertiary/aromatic N) is 4. The molecule has 1 aromatic rings. The summed E-state index contributed by atoms with van der Waals surface area (Å²) in [7, 11) is 1.97. The number of carbonyl (C=O) groups is 2. The van der Waals surface area contributed by atoms with E-state index in [0.29, 0.717) is 13.2 Å². The molecule has 1 fully saturated rings. The molecule has 1 aromatic heterocycles. The van der Waals surface area contributed by atoms with E-state index in [1.165, 1.54) is 0 Å². The number of rotatable bonds is 6. The SMILES string of the molecule is CCOC(=O)CNC(=O)CN1CCN(c2nccn2C)CC1. The maximum atomic E-state index is 11.8. The van der Waals surface area contributed by atoms with Gasteiger partial charge < -0.3 is 19.5 Å². The lowest BCUT2D eigenvalue weighted by molar-refractivity contribution is -0.143. The lowest BCUT2D eigenvalue weighted by Crippen LogP contribution is -2.50. The zero-order valence-electron chi connectivity index (χ0n) is 13.1. The van der Waals surface area contributed by atoms with E-state index >= 15 is 0 Å². The van der Waals surface area contributed by atoms with Gasteiger partial charge in [-0.1, -0.05) is 0 Å². The smallest absolute Gasteiger partial charge is 0.325 e.